The van der Waals surface area contributed by atoms with Crippen LogP contribution in [0.3, 0.4) is 0 Å². The summed E-state index contributed by atoms with van der Waals surface area (Å²) in [6.07, 6.45) is 0.382. The lowest BCUT2D eigenvalue weighted by Crippen LogP contribution is -2.53. The number of aromatic hydroxyl groups is 1. The first kappa shape index (κ1) is 23.7. The summed E-state index contributed by atoms with van der Waals surface area (Å²) in [7, 11) is 0. The molecular weight excluding hydrogens is 426 g/mol. The molecule has 0 aliphatic rings. The number of phenolic OH excluding ortho intramolecular Hbond substituents is 1. The Labute approximate surface area is 193 Å². The molecule has 2 rings (SSSR count). The second-order valence-electron chi connectivity index (χ2n) is 7.58. The van der Waals surface area contributed by atoms with E-state index in [2.05, 4.69) is 21.7 Å². The molecule has 0 bridgehead atoms. The predicted molar refractivity (Wildman–Crippen MR) is 122 cm³/mol. The minimum Gasteiger partial charge on any atom is -0.508 e. The van der Waals surface area contributed by atoms with Gasteiger partial charge in [0.15, 0.2) is 0 Å². The van der Waals surface area contributed by atoms with Crippen LogP contribution >= 0.6 is 0 Å². The molecule has 0 unspecified atom stereocenters. The quantitative estimate of drug-likeness (QED) is 0.241. The topological polar surface area (TPSA) is 177 Å². The molecule has 0 fully saturated rings. The van der Waals surface area contributed by atoms with Crippen molar-refractivity contribution in [3.8, 4) is 5.75 Å². The maximum Gasteiger partial charge on any atom is 0.242 e. The molecule has 0 heterocycles. The van der Waals surface area contributed by atoms with Crippen molar-refractivity contribution in [2.45, 2.75) is 37.9 Å². The van der Waals surface area contributed by atoms with Gasteiger partial charge in [-0.3, -0.25) is 19.2 Å². The van der Waals surface area contributed by atoms with Crippen molar-refractivity contribution in [2.24, 2.45) is 11.5 Å². The monoisotopic (exact) mass is 456 g/mol. The molecule has 4 amide bonds. The molecule has 0 aliphatic heterocycles. The second kappa shape index (κ2) is 12.2. The van der Waals surface area contributed by atoms with E-state index in [0.29, 0.717) is 5.56 Å². The summed E-state index contributed by atoms with van der Waals surface area (Å²) in [6.45, 7) is 1.03. The Balaban J connectivity index is 1.82. The van der Waals surface area contributed by atoms with E-state index in [1.165, 1.54) is 19.1 Å². The van der Waals surface area contributed by atoms with Gasteiger partial charge in [-0.05, 0) is 36.6 Å². The SMILES string of the molecule is [2H]N[C@@H](Cc1ccc(O)cc1)C(=O)N[C@@H](C)C(=O)NCC(=O)N[C@@H](Cc1ccccc1)C(N)=O. The van der Waals surface area contributed by atoms with Crippen LogP contribution in [0.2, 0.25) is 1.41 Å². The molecule has 0 spiro atoms. The molecular formula is C23H29N5O5. The van der Waals surface area contributed by atoms with Crippen molar-refractivity contribution in [1.29, 1.82) is 0 Å². The number of carbonyl (C=O) groups is 4. The standard InChI is InChI=1S/C23H29N5O5/c1-14(27-23(33)18(24)11-16-7-9-17(29)10-8-16)22(32)26-13-20(30)28-19(21(25)31)12-15-5-3-2-4-6-15/h2-10,14,18-19,29H,11-13,24H2,1H3,(H2,25,31)(H,26,32)(H,27,33)(H,28,30)/t14-,18-,19-/m0/s1/i/hD. The van der Waals surface area contributed by atoms with Gasteiger partial charge in [-0.1, -0.05) is 42.5 Å². The van der Waals surface area contributed by atoms with Crippen molar-refractivity contribution in [2.75, 3.05) is 6.54 Å². The smallest absolute Gasteiger partial charge is 0.242 e. The summed E-state index contributed by atoms with van der Waals surface area (Å²) in [6, 6.07) is 12.4. The fraction of sp³-hybridized carbons (Fsp3) is 0.304. The van der Waals surface area contributed by atoms with E-state index in [9.17, 15) is 24.3 Å². The highest BCUT2D eigenvalue weighted by Gasteiger charge is 2.22. The van der Waals surface area contributed by atoms with E-state index < -0.39 is 48.3 Å². The van der Waals surface area contributed by atoms with E-state index in [1.54, 1.807) is 36.4 Å². The van der Waals surface area contributed by atoms with Gasteiger partial charge in [0, 0.05) is 6.42 Å². The Morgan fingerprint density at radius 1 is 0.939 bits per heavy atom. The number of primary amides is 1. The minimum absolute atomic E-state index is 0.0835. The van der Waals surface area contributed by atoms with Gasteiger partial charge in [0.25, 0.3) is 0 Å². The Kier molecular flexibility index (Phi) is 8.78. The summed E-state index contributed by atoms with van der Waals surface area (Å²) >= 11 is 0. The van der Waals surface area contributed by atoms with E-state index in [4.69, 9.17) is 7.15 Å². The van der Waals surface area contributed by atoms with Crippen LogP contribution in [0.4, 0.5) is 0 Å². The van der Waals surface area contributed by atoms with Crippen LogP contribution in [-0.2, 0) is 32.0 Å². The molecule has 3 atom stereocenters. The number of amides is 4. The third kappa shape index (κ3) is 8.62. The number of hydrogen-bond donors (Lipinski definition) is 6. The number of benzene rings is 2. The van der Waals surface area contributed by atoms with Crippen LogP contribution in [0.25, 0.3) is 0 Å². The fourth-order valence-corrected chi connectivity index (χ4v) is 2.98. The van der Waals surface area contributed by atoms with Gasteiger partial charge < -0.3 is 32.5 Å². The lowest BCUT2D eigenvalue weighted by molar-refractivity contribution is -0.131. The van der Waals surface area contributed by atoms with Gasteiger partial charge in [0.05, 0.1) is 12.6 Å². The molecule has 10 nitrogen and oxygen atoms in total. The highest BCUT2D eigenvalue weighted by molar-refractivity contribution is 5.92. The van der Waals surface area contributed by atoms with E-state index in [1.807, 2.05) is 6.07 Å². The highest BCUT2D eigenvalue weighted by atomic mass is 16.3. The Hall–Kier alpha value is -3.92. The lowest BCUT2D eigenvalue weighted by Gasteiger charge is -2.18. The molecule has 0 aliphatic carbocycles. The van der Waals surface area contributed by atoms with E-state index in [0.717, 1.165) is 5.56 Å². The van der Waals surface area contributed by atoms with Crippen molar-refractivity contribution in [1.82, 2.24) is 16.0 Å². The van der Waals surface area contributed by atoms with Gasteiger partial charge in [-0.15, -0.1) is 0 Å². The predicted octanol–water partition coefficient (Wildman–Crippen LogP) is -0.904. The zero-order valence-corrected chi connectivity index (χ0v) is 18.2. The maximum atomic E-state index is 12.4. The summed E-state index contributed by atoms with van der Waals surface area (Å²) in [5, 5.41) is 16.7. The molecule has 0 saturated carbocycles. The first-order chi connectivity index (χ1) is 16.2. The maximum absolute atomic E-state index is 12.4. The van der Waals surface area contributed by atoms with Crippen LogP contribution in [-0.4, -0.2) is 53.4 Å². The first-order valence-electron chi connectivity index (χ1n) is 10.9. The second-order valence-corrected chi connectivity index (χ2v) is 7.58. The van der Waals surface area contributed by atoms with Gasteiger partial charge in [0.1, 0.15) is 19.2 Å². The van der Waals surface area contributed by atoms with Crippen LogP contribution in [0.5, 0.6) is 5.75 Å². The summed E-state index contributed by atoms with van der Waals surface area (Å²) in [5.41, 5.74) is 9.05. The number of phenols is 1. The van der Waals surface area contributed by atoms with E-state index >= 15 is 0 Å². The Bertz CT molecular complexity index is 987. The lowest BCUT2D eigenvalue weighted by atomic mass is 10.1. The molecule has 176 valence electrons. The Morgan fingerprint density at radius 2 is 1.58 bits per heavy atom. The van der Waals surface area contributed by atoms with Crippen LogP contribution in [0, 0.1) is 0 Å². The van der Waals surface area contributed by atoms with Crippen LogP contribution in [0.15, 0.2) is 54.6 Å². The third-order valence-corrected chi connectivity index (χ3v) is 4.83. The highest BCUT2D eigenvalue weighted by Crippen LogP contribution is 2.11. The summed E-state index contributed by atoms with van der Waals surface area (Å²) in [4.78, 5) is 48.6. The normalized spacial score (nSPS) is 13.7. The molecule has 33 heavy (non-hydrogen) atoms. The molecule has 10 heteroatoms. The van der Waals surface area contributed by atoms with Crippen molar-refractivity contribution in [3.63, 3.8) is 0 Å². The zero-order valence-electron chi connectivity index (χ0n) is 19.2. The number of rotatable bonds is 12. The van der Waals surface area contributed by atoms with E-state index in [-0.39, 0.29) is 18.6 Å². The van der Waals surface area contributed by atoms with Crippen LogP contribution in [0.1, 0.15) is 18.1 Å². The zero-order chi connectivity index (χ0) is 25.1. The minimum atomic E-state index is -0.979. The summed E-state index contributed by atoms with van der Waals surface area (Å²) in [5.74, 6) is -2.42. The van der Waals surface area contributed by atoms with Gasteiger partial charge in [0.2, 0.25) is 23.6 Å². The number of carbonyl (C=O) groups excluding carboxylic acids is 4. The molecule has 0 radical (unpaired) electrons. The van der Waals surface area contributed by atoms with Gasteiger partial charge >= 0.3 is 0 Å². The molecule has 0 aromatic heterocycles. The van der Waals surface area contributed by atoms with Crippen molar-refractivity contribution < 1.29 is 25.7 Å². The van der Waals surface area contributed by atoms with Crippen molar-refractivity contribution in [3.05, 3.63) is 65.7 Å². The molecule has 8 N–H and O–H groups in total. The average Bonchev–Trinajstić information content (AvgIpc) is 2.82. The van der Waals surface area contributed by atoms with Crippen molar-refractivity contribution >= 4 is 23.6 Å². The number of hydrogen-bond acceptors (Lipinski definition) is 6. The molecule has 0 saturated heterocycles. The Morgan fingerprint density at radius 3 is 2.18 bits per heavy atom. The number of nitrogens with two attached hydrogens (primary N) is 2. The number of nitrogens with one attached hydrogen (secondary N) is 3. The fourth-order valence-electron chi connectivity index (χ4n) is 2.98. The van der Waals surface area contributed by atoms with Crippen LogP contribution < -0.4 is 27.4 Å². The summed E-state index contributed by atoms with van der Waals surface area (Å²) < 4.78 is 7.40. The third-order valence-electron chi connectivity index (χ3n) is 4.83. The van der Waals surface area contributed by atoms with Gasteiger partial charge in [-0.25, -0.2) is 0 Å². The first-order valence-corrected chi connectivity index (χ1v) is 10.4. The molecule has 2 aromatic rings. The average molecular weight is 457 g/mol. The molecule has 2 aromatic carbocycles. The largest absolute Gasteiger partial charge is 0.508 e. The van der Waals surface area contributed by atoms with Gasteiger partial charge in [-0.2, -0.15) is 0 Å².